The summed E-state index contributed by atoms with van der Waals surface area (Å²) >= 11 is 0. The van der Waals surface area contributed by atoms with Crippen LogP contribution in [0.15, 0.2) is 0 Å². The van der Waals surface area contributed by atoms with Gasteiger partial charge in [-0.15, -0.1) is 0 Å². The van der Waals surface area contributed by atoms with Crippen LogP contribution in [0.1, 0.15) is 45.4 Å². The predicted octanol–water partition coefficient (Wildman–Crippen LogP) is 1.92. The van der Waals surface area contributed by atoms with Crippen molar-refractivity contribution in [3.05, 3.63) is 0 Å². The minimum atomic E-state index is -0.759. The Morgan fingerprint density at radius 3 is 2.50 bits per heavy atom. The molecule has 1 unspecified atom stereocenters. The van der Waals surface area contributed by atoms with Crippen molar-refractivity contribution in [1.29, 1.82) is 5.26 Å². The molecule has 0 aromatic carbocycles. The number of nitriles is 1. The molecule has 1 rings (SSSR count). The van der Waals surface area contributed by atoms with Crippen LogP contribution in [0.2, 0.25) is 0 Å². The van der Waals surface area contributed by atoms with Crippen molar-refractivity contribution in [2.45, 2.75) is 51.5 Å². The van der Waals surface area contributed by atoms with E-state index in [1.165, 1.54) is 0 Å². The average Bonchev–Trinajstić information content (AvgIpc) is 2.37. The molecule has 1 aliphatic carbocycles. The maximum atomic E-state index is 12.3. The first-order chi connectivity index (χ1) is 8.50. The summed E-state index contributed by atoms with van der Waals surface area (Å²) in [5.74, 6) is -0.0593. The molecule has 102 valence electrons. The SMILES string of the molecule is CC(CCN(C)C)NC(=O)C1(C#N)CCCCC1. The lowest BCUT2D eigenvalue weighted by atomic mass is 9.74. The molecule has 0 radical (unpaired) electrons. The molecule has 4 nitrogen and oxygen atoms in total. The van der Waals surface area contributed by atoms with Gasteiger partial charge in [0, 0.05) is 6.04 Å². The van der Waals surface area contributed by atoms with E-state index in [-0.39, 0.29) is 11.9 Å². The fraction of sp³-hybridized carbons (Fsp3) is 0.857. The Balaban J connectivity index is 2.50. The van der Waals surface area contributed by atoms with Gasteiger partial charge in [-0.25, -0.2) is 0 Å². The molecule has 0 bridgehead atoms. The van der Waals surface area contributed by atoms with E-state index in [1.807, 2.05) is 21.0 Å². The van der Waals surface area contributed by atoms with Gasteiger partial charge < -0.3 is 10.2 Å². The lowest BCUT2D eigenvalue weighted by Crippen LogP contribution is -2.45. The maximum Gasteiger partial charge on any atom is 0.240 e. The van der Waals surface area contributed by atoms with Crippen molar-refractivity contribution in [3.8, 4) is 6.07 Å². The summed E-state index contributed by atoms with van der Waals surface area (Å²) in [6.45, 7) is 2.95. The highest BCUT2D eigenvalue weighted by Gasteiger charge is 2.40. The van der Waals surface area contributed by atoms with Crippen molar-refractivity contribution < 1.29 is 4.79 Å². The van der Waals surface area contributed by atoms with E-state index in [9.17, 15) is 10.1 Å². The van der Waals surface area contributed by atoms with Gasteiger partial charge in [-0.3, -0.25) is 4.79 Å². The van der Waals surface area contributed by atoms with E-state index in [0.717, 1.165) is 45.1 Å². The Labute approximate surface area is 110 Å². The fourth-order valence-corrected chi connectivity index (χ4v) is 2.43. The summed E-state index contributed by atoms with van der Waals surface area (Å²) in [6.07, 6.45) is 5.48. The van der Waals surface area contributed by atoms with Crippen LogP contribution >= 0.6 is 0 Å². The van der Waals surface area contributed by atoms with Gasteiger partial charge in [-0.05, 0) is 46.8 Å². The van der Waals surface area contributed by atoms with Gasteiger partial charge in [-0.2, -0.15) is 5.26 Å². The molecule has 0 saturated heterocycles. The Morgan fingerprint density at radius 2 is 2.00 bits per heavy atom. The highest BCUT2D eigenvalue weighted by Crippen LogP contribution is 2.35. The van der Waals surface area contributed by atoms with Crippen LogP contribution in [0.4, 0.5) is 0 Å². The monoisotopic (exact) mass is 251 g/mol. The molecule has 1 N–H and O–H groups in total. The molecule has 1 fully saturated rings. The quantitative estimate of drug-likeness (QED) is 0.812. The Morgan fingerprint density at radius 1 is 1.39 bits per heavy atom. The molecular weight excluding hydrogens is 226 g/mol. The van der Waals surface area contributed by atoms with Crippen LogP contribution in [-0.2, 0) is 4.79 Å². The first kappa shape index (κ1) is 15.0. The van der Waals surface area contributed by atoms with Crippen molar-refractivity contribution in [2.75, 3.05) is 20.6 Å². The second-order valence-corrected chi connectivity index (χ2v) is 5.72. The molecule has 0 aliphatic heterocycles. The zero-order valence-corrected chi connectivity index (χ0v) is 11.8. The minimum absolute atomic E-state index is 0.0593. The highest BCUT2D eigenvalue weighted by atomic mass is 16.2. The molecule has 0 aromatic rings. The van der Waals surface area contributed by atoms with E-state index in [1.54, 1.807) is 0 Å². The van der Waals surface area contributed by atoms with Gasteiger partial charge in [0.05, 0.1) is 6.07 Å². The first-order valence-electron chi connectivity index (χ1n) is 6.87. The molecule has 1 atom stereocenters. The lowest BCUT2D eigenvalue weighted by Gasteiger charge is -2.30. The standard InChI is InChI=1S/C14H25N3O/c1-12(7-10-17(2)3)16-13(18)14(11-15)8-5-4-6-9-14/h12H,4-10H2,1-3H3,(H,16,18). The summed E-state index contributed by atoms with van der Waals surface area (Å²) in [7, 11) is 4.04. The largest absolute Gasteiger partial charge is 0.352 e. The number of carbonyl (C=O) groups excluding carboxylic acids is 1. The van der Waals surface area contributed by atoms with Gasteiger partial charge >= 0.3 is 0 Å². The van der Waals surface area contributed by atoms with Crippen LogP contribution in [0, 0.1) is 16.7 Å². The number of nitrogens with one attached hydrogen (secondary N) is 1. The molecule has 1 aliphatic rings. The van der Waals surface area contributed by atoms with Crippen LogP contribution in [0.3, 0.4) is 0 Å². The van der Waals surface area contributed by atoms with Crippen LogP contribution < -0.4 is 5.32 Å². The third-order valence-corrected chi connectivity index (χ3v) is 3.74. The van der Waals surface area contributed by atoms with Gasteiger partial charge in [-0.1, -0.05) is 19.3 Å². The minimum Gasteiger partial charge on any atom is -0.352 e. The van der Waals surface area contributed by atoms with Crippen LogP contribution in [-0.4, -0.2) is 37.5 Å². The van der Waals surface area contributed by atoms with Crippen molar-refractivity contribution in [2.24, 2.45) is 5.41 Å². The highest BCUT2D eigenvalue weighted by molar-refractivity contribution is 5.85. The van der Waals surface area contributed by atoms with Crippen molar-refractivity contribution in [3.63, 3.8) is 0 Å². The van der Waals surface area contributed by atoms with E-state index in [2.05, 4.69) is 16.3 Å². The lowest BCUT2D eigenvalue weighted by molar-refractivity contribution is -0.130. The normalized spacial score (nSPS) is 20.2. The second-order valence-electron chi connectivity index (χ2n) is 5.72. The number of nitrogens with zero attached hydrogens (tertiary/aromatic N) is 2. The number of hydrogen-bond acceptors (Lipinski definition) is 3. The molecule has 1 amide bonds. The molecule has 0 spiro atoms. The van der Waals surface area contributed by atoms with E-state index in [0.29, 0.717) is 0 Å². The van der Waals surface area contributed by atoms with E-state index >= 15 is 0 Å². The maximum absolute atomic E-state index is 12.3. The molecule has 0 aromatic heterocycles. The van der Waals surface area contributed by atoms with Gasteiger partial charge in [0.2, 0.25) is 5.91 Å². The summed E-state index contributed by atoms with van der Waals surface area (Å²) in [6, 6.07) is 2.40. The second kappa shape index (κ2) is 6.75. The number of rotatable bonds is 5. The van der Waals surface area contributed by atoms with Crippen molar-refractivity contribution in [1.82, 2.24) is 10.2 Å². The Bertz CT molecular complexity index is 313. The van der Waals surface area contributed by atoms with Gasteiger partial charge in [0.15, 0.2) is 0 Å². The van der Waals surface area contributed by atoms with Gasteiger partial charge in [0.25, 0.3) is 0 Å². The Hall–Kier alpha value is -1.08. The van der Waals surface area contributed by atoms with Gasteiger partial charge in [0.1, 0.15) is 5.41 Å². The zero-order valence-electron chi connectivity index (χ0n) is 11.8. The molecular formula is C14H25N3O. The molecule has 18 heavy (non-hydrogen) atoms. The predicted molar refractivity (Wildman–Crippen MR) is 71.9 cm³/mol. The summed E-state index contributed by atoms with van der Waals surface area (Å²) < 4.78 is 0. The number of carbonyl (C=O) groups is 1. The van der Waals surface area contributed by atoms with Crippen molar-refractivity contribution >= 4 is 5.91 Å². The van der Waals surface area contributed by atoms with Crippen LogP contribution in [0.5, 0.6) is 0 Å². The first-order valence-corrected chi connectivity index (χ1v) is 6.87. The molecule has 4 heteroatoms. The average molecular weight is 251 g/mol. The van der Waals surface area contributed by atoms with E-state index < -0.39 is 5.41 Å². The number of amides is 1. The van der Waals surface area contributed by atoms with E-state index in [4.69, 9.17) is 0 Å². The third-order valence-electron chi connectivity index (χ3n) is 3.74. The number of hydrogen-bond donors (Lipinski definition) is 1. The molecule has 0 heterocycles. The topological polar surface area (TPSA) is 56.1 Å². The fourth-order valence-electron chi connectivity index (χ4n) is 2.43. The Kier molecular flexibility index (Phi) is 5.61. The van der Waals surface area contributed by atoms with Crippen LogP contribution in [0.25, 0.3) is 0 Å². The third kappa shape index (κ3) is 3.99. The smallest absolute Gasteiger partial charge is 0.240 e. The summed E-state index contributed by atoms with van der Waals surface area (Å²) in [5, 5.41) is 12.3. The zero-order chi connectivity index (χ0) is 13.6. The molecule has 1 saturated carbocycles. The summed E-state index contributed by atoms with van der Waals surface area (Å²) in [5.41, 5.74) is -0.759. The summed E-state index contributed by atoms with van der Waals surface area (Å²) in [4.78, 5) is 14.4.